The van der Waals surface area contributed by atoms with Gasteiger partial charge in [-0.1, -0.05) is 22.0 Å². The number of ether oxygens (including phenoxy) is 1. The van der Waals surface area contributed by atoms with Gasteiger partial charge < -0.3 is 10.5 Å². The van der Waals surface area contributed by atoms with Crippen molar-refractivity contribution in [3.8, 4) is 11.6 Å². The monoisotopic (exact) mass is 279 g/mol. The molecule has 0 amide bonds. The zero-order valence-corrected chi connectivity index (χ0v) is 10.2. The predicted molar refractivity (Wildman–Crippen MR) is 65.4 cm³/mol. The maximum absolute atomic E-state index is 5.56. The van der Waals surface area contributed by atoms with Crippen molar-refractivity contribution in [3.63, 3.8) is 0 Å². The number of anilines is 1. The van der Waals surface area contributed by atoms with Gasteiger partial charge >= 0.3 is 0 Å². The molecule has 0 radical (unpaired) electrons. The summed E-state index contributed by atoms with van der Waals surface area (Å²) in [5.41, 5.74) is 6.31. The number of aromatic nitrogens is 2. The highest BCUT2D eigenvalue weighted by Gasteiger charge is 2.02. The molecule has 0 unspecified atom stereocenters. The quantitative estimate of drug-likeness (QED) is 0.918. The molecule has 5 heteroatoms. The zero-order chi connectivity index (χ0) is 11.5. The summed E-state index contributed by atoms with van der Waals surface area (Å²) in [5.74, 6) is 1.36. The fraction of sp³-hybridized carbons (Fsp3) is 0.0909. The Morgan fingerprint density at radius 2 is 2.06 bits per heavy atom. The number of halogens is 1. The van der Waals surface area contributed by atoms with E-state index in [1.54, 1.807) is 6.07 Å². The van der Waals surface area contributed by atoms with E-state index in [0.29, 0.717) is 11.6 Å². The number of hydrogen-bond acceptors (Lipinski definition) is 4. The second kappa shape index (κ2) is 4.49. The number of rotatable bonds is 2. The Morgan fingerprint density at radius 3 is 2.75 bits per heavy atom. The van der Waals surface area contributed by atoms with Gasteiger partial charge in [-0.25, -0.2) is 4.98 Å². The van der Waals surface area contributed by atoms with E-state index in [2.05, 4.69) is 25.9 Å². The minimum Gasteiger partial charge on any atom is -0.439 e. The van der Waals surface area contributed by atoms with Crippen LogP contribution in [-0.2, 0) is 0 Å². The van der Waals surface area contributed by atoms with Crippen molar-refractivity contribution >= 4 is 21.9 Å². The molecule has 0 aliphatic carbocycles. The van der Waals surface area contributed by atoms with E-state index in [1.807, 2.05) is 31.2 Å². The second-order valence-electron chi connectivity index (χ2n) is 3.27. The van der Waals surface area contributed by atoms with Crippen molar-refractivity contribution in [2.75, 3.05) is 5.73 Å². The standard InChI is InChI=1S/C11H10BrN3O/c1-7-5-10(15-11(13)14-7)16-9-4-2-3-8(12)6-9/h2-6H,1H3,(H2,13,14,15). The molecule has 2 N–H and O–H groups in total. The number of nitrogen functional groups attached to an aromatic ring is 1. The van der Waals surface area contributed by atoms with Gasteiger partial charge in [0.25, 0.3) is 0 Å². The number of nitrogens with two attached hydrogens (primary N) is 1. The van der Waals surface area contributed by atoms with E-state index >= 15 is 0 Å². The number of benzene rings is 1. The van der Waals surface area contributed by atoms with Gasteiger partial charge in [0.2, 0.25) is 11.8 Å². The zero-order valence-electron chi connectivity index (χ0n) is 8.64. The maximum atomic E-state index is 5.56. The molecule has 0 aliphatic heterocycles. The first-order valence-corrected chi connectivity index (χ1v) is 5.47. The van der Waals surface area contributed by atoms with Crippen molar-refractivity contribution in [2.24, 2.45) is 0 Å². The highest BCUT2D eigenvalue weighted by atomic mass is 79.9. The first-order chi connectivity index (χ1) is 7.63. The minimum absolute atomic E-state index is 0.213. The van der Waals surface area contributed by atoms with E-state index in [4.69, 9.17) is 10.5 Å². The van der Waals surface area contributed by atoms with Crippen LogP contribution in [0.4, 0.5) is 5.95 Å². The Kier molecular flexibility index (Phi) is 3.05. The van der Waals surface area contributed by atoms with Crippen molar-refractivity contribution in [3.05, 3.63) is 40.5 Å². The summed E-state index contributed by atoms with van der Waals surface area (Å²) in [6.07, 6.45) is 0. The molecule has 0 spiro atoms. The molecule has 1 aromatic heterocycles. The number of hydrogen-bond donors (Lipinski definition) is 1. The molecular formula is C11H10BrN3O. The third kappa shape index (κ3) is 2.70. The molecule has 16 heavy (non-hydrogen) atoms. The van der Waals surface area contributed by atoms with Crippen molar-refractivity contribution in [1.82, 2.24) is 9.97 Å². The van der Waals surface area contributed by atoms with Gasteiger partial charge in [-0.05, 0) is 25.1 Å². The molecule has 1 aromatic carbocycles. The van der Waals surface area contributed by atoms with Gasteiger partial charge in [0.15, 0.2) is 0 Å². The summed E-state index contributed by atoms with van der Waals surface area (Å²) >= 11 is 3.37. The largest absolute Gasteiger partial charge is 0.439 e. The van der Waals surface area contributed by atoms with Crippen LogP contribution in [0.15, 0.2) is 34.8 Å². The van der Waals surface area contributed by atoms with Crippen LogP contribution in [0.2, 0.25) is 0 Å². The summed E-state index contributed by atoms with van der Waals surface area (Å²) in [6, 6.07) is 9.24. The topological polar surface area (TPSA) is 61.0 Å². The molecule has 2 rings (SSSR count). The minimum atomic E-state index is 0.213. The van der Waals surface area contributed by atoms with Crippen LogP contribution in [0.1, 0.15) is 5.69 Å². The molecule has 0 aliphatic rings. The van der Waals surface area contributed by atoms with Crippen molar-refractivity contribution < 1.29 is 4.74 Å². The van der Waals surface area contributed by atoms with E-state index in [9.17, 15) is 0 Å². The van der Waals surface area contributed by atoms with Crippen molar-refractivity contribution in [2.45, 2.75) is 6.92 Å². The van der Waals surface area contributed by atoms with Crippen LogP contribution < -0.4 is 10.5 Å². The van der Waals surface area contributed by atoms with Crippen LogP contribution in [0, 0.1) is 6.92 Å². The Labute approximate surface area is 102 Å². The summed E-state index contributed by atoms with van der Waals surface area (Å²) < 4.78 is 6.51. The van der Waals surface area contributed by atoms with E-state index in [1.165, 1.54) is 0 Å². The molecule has 0 saturated carbocycles. The highest BCUT2D eigenvalue weighted by Crippen LogP contribution is 2.23. The van der Waals surface area contributed by atoms with Crippen LogP contribution in [0.25, 0.3) is 0 Å². The number of nitrogens with zero attached hydrogens (tertiary/aromatic N) is 2. The summed E-state index contributed by atoms with van der Waals surface area (Å²) in [7, 11) is 0. The van der Waals surface area contributed by atoms with Crippen LogP contribution >= 0.6 is 15.9 Å². The Balaban J connectivity index is 2.27. The Bertz CT molecular complexity index is 496. The molecule has 82 valence electrons. The molecule has 0 fully saturated rings. The normalized spacial score (nSPS) is 10.1. The third-order valence-electron chi connectivity index (χ3n) is 1.87. The average molecular weight is 280 g/mol. The molecule has 0 bridgehead atoms. The fourth-order valence-corrected chi connectivity index (χ4v) is 1.64. The van der Waals surface area contributed by atoms with Crippen LogP contribution in [0.5, 0.6) is 11.6 Å². The molecule has 4 nitrogen and oxygen atoms in total. The first kappa shape index (κ1) is 10.9. The summed E-state index contributed by atoms with van der Waals surface area (Å²) in [6.45, 7) is 1.84. The molecule has 1 heterocycles. The smallest absolute Gasteiger partial charge is 0.224 e. The predicted octanol–water partition coefficient (Wildman–Crippen LogP) is 2.92. The van der Waals surface area contributed by atoms with E-state index in [-0.39, 0.29) is 5.95 Å². The maximum Gasteiger partial charge on any atom is 0.224 e. The SMILES string of the molecule is Cc1cc(Oc2cccc(Br)c2)nc(N)n1. The molecule has 0 atom stereocenters. The second-order valence-corrected chi connectivity index (χ2v) is 4.18. The van der Waals surface area contributed by atoms with Crippen LogP contribution in [-0.4, -0.2) is 9.97 Å². The lowest BCUT2D eigenvalue weighted by Crippen LogP contribution is -1.98. The van der Waals surface area contributed by atoms with Gasteiger partial charge in [0, 0.05) is 16.2 Å². The highest BCUT2D eigenvalue weighted by molar-refractivity contribution is 9.10. The molecular weight excluding hydrogens is 270 g/mol. The van der Waals surface area contributed by atoms with Gasteiger partial charge in [0.1, 0.15) is 5.75 Å². The Morgan fingerprint density at radius 1 is 1.25 bits per heavy atom. The lowest BCUT2D eigenvalue weighted by molar-refractivity contribution is 0.461. The van der Waals surface area contributed by atoms with Crippen molar-refractivity contribution in [1.29, 1.82) is 0 Å². The van der Waals surface area contributed by atoms with Crippen LogP contribution in [0.3, 0.4) is 0 Å². The average Bonchev–Trinajstić information content (AvgIpc) is 2.15. The Hall–Kier alpha value is -1.62. The molecule has 0 saturated heterocycles. The lowest BCUT2D eigenvalue weighted by Gasteiger charge is -2.05. The summed E-state index contributed by atoms with van der Waals surface area (Å²) in [4.78, 5) is 7.96. The lowest BCUT2D eigenvalue weighted by atomic mass is 10.3. The number of aryl methyl sites for hydroxylation is 1. The fourth-order valence-electron chi connectivity index (χ4n) is 1.27. The third-order valence-corrected chi connectivity index (χ3v) is 2.36. The van der Waals surface area contributed by atoms with Gasteiger partial charge in [-0.3, -0.25) is 0 Å². The molecule has 2 aromatic rings. The van der Waals surface area contributed by atoms with Gasteiger partial charge in [-0.2, -0.15) is 4.98 Å². The summed E-state index contributed by atoms with van der Waals surface area (Å²) in [5, 5.41) is 0. The van der Waals surface area contributed by atoms with Gasteiger partial charge in [0.05, 0.1) is 0 Å². The first-order valence-electron chi connectivity index (χ1n) is 4.68. The van der Waals surface area contributed by atoms with Gasteiger partial charge in [-0.15, -0.1) is 0 Å². The van der Waals surface area contributed by atoms with E-state index < -0.39 is 0 Å². The van der Waals surface area contributed by atoms with E-state index in [0.717, 1.165) is 10.2 Å².